The van der Waals surface area contributed by atoms with Crippen LogP contribution in [0.2, 0.25) is 0 Å². The third-order valence-corrected chi connectivity index (χ3v) is 6.23. The van der Waals surface area contributed by atoms with Gasteiger partial charge >= 0.3 is 0 Å². The second-order valence-electron chi connectivity index (χ2n) is 7.89. The number of carbonyl (C=O) groups excluding carboxylic acids is 2. The standard InChI is InChI=1S/C22H22N2O5/c25-16-10-6-9-15-18(24-11-4-5-12-24)19-17(20(26)22(15,16)27)21(23-29-19)28-13-14-7-2-1-3-8-14/h1-3,6-8,10,15,18,27H,4-5,9,11-13H2/t15?,18-,22-/m0/s1. The molecule has 1 unspecified atom stereocenters. The van der Waals surface area contributed by atoms with Gasteiger partial charge in [0.1, 0.15) is 12.2 Å². The van der Waals surface area contributed by atoms with Gasteiger partial charge in [-0.1, -0.05) is 36.4 Å². The minimum Gasteiger partial charge on any atom is -0.470 e. The van der Waals surface area contributed by atoms with Gasteiger partial charge in [-0.05, 0) is 49.1 Å². The summed E-state index contributed by atoms with van der Waals surface area (Å²) in [5.74, 6) is -1.41. The number of Topliss-reactive ketones (excluding diaryl/α,β-unsaturated/α-hetero) is 1. The van der Waals surface area contributed by atoms with Gasteiger partial charge in [0.2, 0.25) is 5.78 Å². The molecule has 0 amide bonds. The molecule has 150 valence electrons. The number of rotatable bonds is 4. The minimum absolute atomic E-state index is 0.0345. The Morgan fingerprint density at radius 2 is 1.97 bits per heavy atom. The van der Waals surface area contributed by atoms with Crippen LogP contribution in [0.4, 0.5) is 0 Å². The maximum absolute atomic E-state index is 13.3. The average Bonchev–Trinajstić information content (AvgIpc) is 3.40. The van der Waals surface area contributed by atoms with Crippen LogP contribution in [0.1, 0.15) is 47.0 Å². The Balaban J connectivity index is 1.56. The summed E-state index contributed by atoms with van der Waals surface area (Å²) in [6.07, 6.45) is 5.51. The third kappa shape index (κ3) is 2.76. The lowest BCUT2D eigenvalue weighted by Gasteiger charge is -2.44. The fraction of sp³-hybridized carbons (Fsp3) is 0.409. The number of fused-ring (bicyclic) bond motifs is 2. The molecule has 1 N–H and O–H groups in total. The van der Waals surface area contributed by atoms with Crippen molar-refractivity contribution in [2.45, 2.75) is 37.5 Å². The summed E-state index contributed by atoms with van der Waals surface area (Å²) in [7, 11) is 0. The molecule has 2 heterocycles. The number of ether oxygens (including phenoxy) is 1. The number of nitrogens with zero attached hydrogens (tertiary/aromatic N) is 2. The normalized spacial score (nSPS) is 29.0. The number of likely N-dealkylation sites (tertiary alicyclic amines) is 1. The summed E-state index contributed by atoms with van der Waals surface area (Å²) in [5.41, 5.74) is -1.09. The van der Waals surface area contributed by atoms with E-state index < -0.39 is 23.1 Å². The van der Waals surface area contributed by atoms with Crippen LogP contribution in [-0.2, 0) is 11.4 Å². The van der Waals surface area contributed by atoms with Crippen LogP contribution in [0, 0.1) is 5.92 Å². The zero-order valence-corrected chi connectivity index (χ0v) is 15.9. The first-order valence-electron chi connectivity index (χ1n) is 9.99. The van der Waals surface area contributed by atoms with Crippen molar-refractivity contribution in [2.75, 3.05) is 13.1 Å². The Bertz CT molecular complexity index is 976. The second-order valence-corrected chi connectivity index (χ2v) is 7.89. The van der Waals surface area contributed by atoms with E-state index in [1.807, 2.05) is 30.3 Å². The first-order valence-corrected chi connectivity index (χ1v) is 9.99. The Morgan fingerprint density at radius 1 is 1.21 bits per heavy atom. The molecule has 0 saturated carbocycles. The molecule has 0 radical (unpaired) electrons. The largest absolute Gasteiger partial charge is 0.470 e. The van der Waals surface area contributed by atoms with Gasteiger partial charge in [-0.2, -0.15) is 0 Å². The molecule has 1 fully saturated rings. The molecule has 0 spiro atoms. The van der Waals surface area contributed by atoms with Gasteiger partial charge in [0.15, 0.2) is 17.1 Å². The molecule has 1 aromatic heterocycles. The first-order chi connectivity index (χ1) is 14.1. The first kappa shape index (κ1) is 18.3. The van der Waals surface area contributed by atoms with Gasteiger partial charge in [0.25, 0.3) is 5.88 Å². The van der Waals surface area contributed by atoms with E-state index >= 15 is 0 Å². The summed E-state index contributed by atoms with van der Waals surface area (Å²) < 4.78 is 11.4. The molecule has 1 aliphatic heterocycles. The van der Waals surface area contributed by atoms with Gasteiger partial charge < -0.3 is 14.4 Å². The van der Waals surface area contributed by atoms with E-state index in [0.717, 1.165) is 31.5 Å². The predicted molar refractivity (Wildman–Crippen MR) is 102 cm³/mol. The van der Waals surface area contributed by atoms with Crippen LogP contribution in [0.5, 0.6) is 5.88 Å². The van der Waals surface area contributed by atoms with E-state index in [0.29, 0.717) is 12.2 Å². The van der Waals surface area contributed by atoms with E-state index in [4.69, 9.17) is 9.26 Å². The number of hydrogen-bond donors (Lipinski definition) is 1. The molecule has 3 aliphatic rings. The number of benzene rings is 1. The maximum atomic E-state index is 13.3. The van der Waals surface area contributed by atoms with E-state index in [2.05, 4.69) is 10.1 Å². The molecule has 1 saturated heterocycles. The summed E-state index contributed by atoms with van der Waals surface area (Å²) in [5, 5.41) is 15.3. The molecule has 3 atom stereocenters. The van der Waals surface area contributed by atoms with Crippen LogP contribution in [0.15, 0.2) is 47.0 Å². The van der Waals surface area contributed by atoms with E-state index in [1.165, 1.54) is 6.08 Å². The summed E-state index contributed by atoms with van der Waals surface area (Å²) in [4.78, 5) is 28.2. The molecule has 2 aromatic rings. The molecule has 5 rings (SSSR count). The lowest BCUT2D eigenvalue weighted by molar-refractivity contribution is -0.137. The molecule has 0 bridgehead atoms. The highest BCUT2D eigenvalue weighted by Gasteiger charge is 2.61. The van der Waals surface area contributed by atoms with Gasteiger partial charge in [-0.15, -0.1) is 0 Å². The zero-order valence-electron chi connectivity index (χ0n) is 15.9. The number of aromatic nitrogens is 1. The quantitative estimate of drug-likeness (QED) is 0.796. The highest BCUT2D eigenvalue weighted by molar-refractivity contribution is 6.23. The fourth-order valence-corrected chi connectivity index (χ4v) is 4.78. The summed E-state index contributed by atoms with van der Waals surface area (Å²) in [6.45, 7) is 1.85. The van der Waals surface area contributed by atoms with Crippen LogP contribution < -0.4 is 4.74 Å². The number of ketones is 2. The van der Waals surface area contributed by atoms with Gasteiger partial charge in [-0.3, -0.25) is 14.5 Å². The molecular formula is C22H22N2O5. The lowest BCUT2D eigenvalue weighted by Crippen LogP contribution is -2.60. The second kappa shape index (κ2) is 6.93. The van der Waals surface area contributed by atoms with Crippen molar-refractivity contribution in [3.63, 3.8) is 0 Å². The van der Waals surface area contributed by atoms with Crippen LogP contribution in [0.3, 0.4) is 0 Å². The van der Waals surface area contributed by atoms with Gasteiger partial charge in [0, 0.05) is 5.92 Å². The van der Waals surface area contributed by atoms with Crippen molar-refractivity contribution in [3.05, 3.63) is 59.4 Å². The third-order valence-electron chi connectivity index (χ3n) is 6.23. The SMILES string of the molecule is O=C1C=CCC2[C@H](N3CCCC3)c3onc(OCc4ccccc4)c3C(=O)[C@@]12O. The Labute approximate surface area is 167 Å². The molecule has 1 aromatic carbocycles. The molecule has 29 heavy (non-hydrogen) atoms. The average molecular weight is 394 g/mol. The van der Waals surface area contributed by atoms with Crippen LogP contribution >= 0.6 is 0 Å². The molecule has 2 aliphatic carbocycles. The zero-order chi connectivity index (χ0) is 20.0. The summed E-state index contributed by atoms with van der Waals surface area (Å²) in [6, 6.07) is 9.12. The number of allylic oxidation sites excluding steroid dienone is 1. The highest BCUT2D eigenvalue weighted by Crippen LogP contribution is 2.50. The summed E-state index contributed by atoms with van der Waals surface area (Å²) >= 11 is 0. The van der Waals surface area contributed by atoms with Crippen molar-refractivity contribution in [3.8, 4) is 5.88 Å². The van der Waals surface area contributed by atoms with E-state index in [1.54, 1.807) is 6.08 Å². The Hall–Kier alpha value is -2.77. The van der Waals surface area contributed by atoms with E-state index in [9.17, 15) is 14.7 Å². The Morgan fingerprint density at radius 3 is 2.72 bits per heavy atom. The van der Waals surface area contributed by atoms with Gasteiger partial charge in [-0.25, -0.2) is 0 Å². The maximum Gasteiger partial charge on any atom is 0.265 e. The topological polar surface area (TPSA) is 92.9 Å². The van der Waals surface area contributed by atoms with Crippen molar-refractivity contribution in [1.29, 1.82) is 0 Å². The monoisotopic (exact) mass is 394 g/mol. The van der Waals surface area contributed by atoms with Crippen molar-refractivity contribution in [1.82, 2.24) is 10.1 Å². The van der Waals surface area contributed by atoms with Gasteiger partial charge in [0.05, 0.1) is 6.04 Å². The van der Waals surface area contributed by atoms with Crippen LogP contribution in [-0.4, -0.2) is 45.4 Å². The highest BCUT2D eigenvalue weighted by atomic mass is 16.5. The fourth-order valence-electron chi connectivity index (χ4n) is 4.78. The predicted octanol–water partition coefficient (Wildman–Crippen LogP) is 2.46. The molecule has 7 nitrogen and oxygen atoms in total. The smallest absolute Gasteiger partial charge is 0.265 e. The van der Waals surface area contributed by atoms with E-state index in [-0.39, 0.29) is 24.1 Å². The number of aliphatic hydroxyl groups is 1. The van der Waals surface area contributed by atoms with Crippen LogP contribution in [0.25, 0.3) is 0 Å². The number of carbonyl (C=O) groups is 2. The van der Waals surface area contributed by atoms with Crippen molar-refractivity contribution < 1.29 is 24.0 Å². The molecule has 7 heteroatoms. The molecular weight excluding hydrogens is 372 g/mol. The Kier molecular flexibility index (Phi) is 4.37. The minimum atomic E-state index is -2.11. The number of hydrogen-bond acceptors (Lipinski definition) is 7. The van der Waals surface area contributed by atoms with Crippen molar-refractivity contribution >= 4 is 11.6 Å². The lowest BCUT2D eigenvalue weighted by atomic mass is 9.65. The van der Waals surface area contributed by atoms with Crippen molar-refractivity contribution in [2.24, 2.45) is 5.92 Å².